The number of hydrogen-bond donors (Lipinski definition) is 1. The fraction of sp³-hybridized carbons (Fsp3) is 0.417. The number of aryl methyl sites for hydroxylation is 1. The zero-order valence-corrected chi connectivity index (χ0v) is 20.8. The summed E-state index contributed by atoms with van der Waals surface area (Å²) >= 11 is 13.9. The fourth-order valence-corrected chi connectivity index (χ4v) is 4.66. The molecule has 0 aliphatic rings. The molecule has 0 saturated carbocycles. The molecule has 2 amide bonds. The van der Waals surface area contributed by atoms with Gasteiger partial charge in [0.15, 0.2) is 0 Å². The van der Waals surface area contributed by atoms with Crippen molar-refractivity contribution in [1.82, 2.24) is 10.2 Å². The highest BCUT2D eigenvalue weighted by Gasteiger charge is 2.27. The molecule has 31 heavy (non-hydrogen) atoms. The van der Waals surface area contributed by atoms with Crippen molar-refractivity contribution in [1.29, 1.82) is 0 Å². The third kappa shape index (κ3) is 7.44. The van der Waals surface area contributed by atoms with E-state index in [9.17, 15) is 9.59 Å². The van der Waals surface area contributed by atoms with Gasteiger partial charge in [-0.05, 0) is 56.0 Å². The maximum absolute atomic E-state index is 13.2. The SMILES string of the molecule is CC[C@@H](C)NC(=O)[C@H](C)N(Cc1ccccc1C)C(=O)CSCc1c(Cl)cccc1Cl. The number of carbonyl (C=O) groups is 2. The molecule has 0 spiro atoms. The zero-order chi connectivity index (χ0) is 23.0. The van der Waals surface area contributed by atoms with E-state index in [-0.39, 0.29) is 23.6 Å². The van der Waals surface area contributed by atoms with Crippen LogP contribution < -0.4 is 5.32 Å². The van der Waals surface area contributed by atoms with E-state index in [1.165, 1.54) is 11.8 Å². The lowest BCUT2D eigenvalue weighted by molar-refractivity contribution is -0.138. The summed E-state index contributed by atoms with van der Waals surface area (Å²) in [5.74, 6) is 0.517. The normalized spacial score (nSPS) is 12.8. The summed E-state index contributed by atoms with van der Waals surface area (Å²) < 4.78 is 0. The monoisotopic (exact) mass is 480 g/mol. The lowest BCUT2D eigenvalue weighted by Gasteiger charge is -2.30. The molecule has 0 aliphatic carbocycles. The van der Waals surface area contributed by atoms with Crippen LogP contribution in [0.15, 0.2) is 42.5 Å². The zero-order valence-electron chi connectivity index (χ0n) is 18.5. The minimum Gasteiger partial charge on any atom is -0.352 e. The van der Waals surface area contributed by atoms with Crippen LogP contribution in [0.5, 0.6) is 0 Å². The van der Waals surface area contributed by atoms with Crippen molar-refractivity contribution in [3.8, 4) is 0 Å². The molecule has 2 aromatic rings. The van der Waals surface area contributed by atoms with E-state index in [4.69, 9.17) is 23.2 Å². The molecule has 168 valence electrons. The van der Waals surface area contributed by atoms with Crippen LogP contribution in [0, 0.1) is 6.92 Å². The molecule has 0 radical (unpaired) electrons. The summed E-state index contributed by atoms with van der Waals surface area (Å²) in [7, 11) is 0. The van der Waals surface area contributed by atoms with Gasteiger partial charge in [0.05, 0.1) is 5.75 Å². The number of carbonyl (C=O) groups excluding carboxylic acids is 2. The van der Waals surface area contributed by atoms with Crippen molar-refractivity contribution >= 4 is 46.8 Å². The molecule has 0 aliphatic heterocycles. The fourth-order valence-electron chi connectivity index (χ4n) is 3.01. The molecule has 4 nitrogen and oxygen atoms in total. The Morgan fingerprint density at radius 2 is 1.71 bits per heavy atom. The minimum absolute atomic E-state index is 0.0575. The molecule has 2 rings (SSSR count). The first-order valence-electron chi connectivity index (χ1n) is 10.4. The number of benzene rings is 2. The average molecular weight is 481 g/mol. The first-order chi connectivity index (χ1) is 14.7. The first kappa shape index (κ1) is 25.6. The van der Waals surface area contributed by atoms with Gasteiger partial charge < -0.3 is 10.2 Å². The van der Waals surface area contributed by atoms with Gasteiger partial charge in [-0.2, -0.15) is 0 Å². The van der Waals surface area contributed by atoms with Gasteiger partial charge >= 0.3 is 0 Å². The van der Waals surface area contributed by atoms with Crippen molar-refractivity contribution < 1.29 is 9.59 Å². The highest BCUT2D eigenvalue weighted by atomic mass is 35.5. The predicted octanol–water partition coefficient (Wildman–Crippen LogP) is 5.87. The molecular weight excluding hydrogens is 451 g/mol. The first-order valence-corrected chi connectivity index (χ1v) is 12.3. The van der Waals surface area contributed by atoms with Crippen LogP contribution in [0.2, 0.25) is 10.0 Å². The minimum atomic E-state index is -0.578. The number of nitrogens with one attached hydrogen (secondary N) is 1. The van der Waals surface area contributed by atoms with Gasteiger partial charge in [-0.1, -0.05) is 60.5 Å². The molecule has 1 N–H and O–H groups in total. The summed E-state index contributed by atoms with van der Waals surface area (Å²) in [6.07, 6.45) is 0.832. The van der Waals surface area contributed by atoms with E-state index in [1.807, 2.05) is 45.0 Å². The number of rotatable bonds is 10. The van der Waals surface area contributed by atoms with Crippen molar-refractivity contribution in [2.75, 3.05) is 5.75 Å². The Morgan fingerprint density at radius 3 is 2.32 bits per heavy atom. The highest BCUT2D eigenvalue weighted by Crippen LogP contribution is 2.28. The number of halogens is 2. The molecule has 2 aromatic carbocycles. The van der Waals surface area contributed by atoms with E-state index in [1.54, 1.807) is 30.0 Å². The number of nitrogens with zero attached hydrogens (tertiary/aromatic N) is 1. The predicted molar refractivity (Wildman–Crippen MR) is 132 cm³/mol. The van der Waals surface area contributed by atoms with E-state index >= 15 is 0 Å². The molecule has 0 aromatic heterocycles. The maximum atomic E-state index is 13.2. The van der Waals surface area contributed by atoms with Crippen molar-refractivity contribution in [3.05, 3.63) is 69.2 Å². The molecule has 0 unspecified atom stereocenters. The van der Waals surface area contributed by atoms with Crippen LogP contribution in [-0.4, -0.2) is 34.6 Å². The molecule has 0 fully saturated rings. The second-order valence-electron chi connectivity index (χ2n) is 7.63. The molecule has 0 heterocycles. The summed E-state index contributed by atoms with van der Waals surface area (Å²) in [5, 5.41) is 4.16. The molecule has 0 saturated heterocycles. The summed E-state index contributed by atoms with van der Waals surface area (Å²) in [6, 6.07) is 12.8. The van der Waals surface area contributed by atoms with E-state index < -0.39 is 6.04 Å². The molecule has 7 heteroatoms. The summed E-state index contributed by atoms with van der Waals surface area (Å²) in [6.45, 7) is 8.15. The van der Waals surface area contributed by atoms with Gasteiger partial charge in [-0.15, -0.1) is 11.8 Å². The average Bonchev–Trinajstić information content (AvgIpc) is 2.74. The maximum Gasteiger partial charge on any atom is 0.242 e. The van der Waals surface area contributed by atoms with Gasteiger partial charge in [0.2, 0.25) is 11.8 Å². The van der Waals surface area contributed by atoms with Crippen molar-refractivity contribution in [2.24, 2.45) is 0 Å². The molecule has 2 atom stereocenters. The third-order valence-electron chi connectivity index (χ3n) is 5.30. The van der Waals surface area contributed by atoms with Crippen LogP contribution in [0.25, 0.3) is 0 Å². The quantitative estimate of drug-likeness (QED) is 0.462. The van der Waals surface area contributed by atoms with Crippen LogP contribution in [0.1, 0.15) is 43.9 Å². The van der Waals surface area contributed by atoms with Gasteiger partial charge in [0, 0.05) is 28.4 Å². The van der Waals surface area contributed by atoms with E-state index in [2.05, 4.69) is 5.32 Å². The smallest absolute Gasteiger partial charge is 0.242 e. The van der Waals surface area contributed by atoms with Gasteiger partial charge in [-0.25, -0.2) is 0 Å². The van der Waals surface area contributed by atoms with Crippen molar-refractivity contribution in [2.45, 2.75) is 58.5 Å². The van der Waals surface area contributed by atoms with Gasteiger partial charge in [0.1, 0.15) is 6.04 Å². The highest BCUT2D eigenvalue weighted by molar-refractivity contribution is 7.99. The topological polar surface area (TPSA) is 49.4 Å². The number of thioether (sulfide) groups is 1. The lowest BCUT2D eigenvalue weighted by atomic mass is 10.1. The Balaban J connectivity index is 2.13. The lowest BCUT2D eigenvalue weighted by Crippen LogP contribution is -2.50. The molecule has 0 bridgehead atoms. The Labute approximate surface area is 199 Å². The summed E-state index contributed by atoms with van der Waals surface area (Å²) in [5.41, 5.74) is 2.93. The Hall–Kier alpha value is -1.69. The molecular formula is C24H30Cl2N2O2S. The third-order valence-corrected chi connectivity index (χ3v) is 6.96. The van der Waals surface area contributed by atoms with E-state index in [0.717, 1.165) is 23.1 Å². The standard InChI is InChI=1S/C24H30Cl2N2O2S/c1-5-17(3)27-24(30)18(4)28(13-19-10-7-6-9-16(19)2)23(29)15-31-14-20-21(25)11-8-12-22(20)26/h6-12,17-18H,5,13-15H2,1-4H3,(H,27,30)/t17-,18+/m1/s1. The largest absolute Gasteiger partial charge is 0.352 e. The van der Waals surface area contributed by atoms with Crippen LogP contribution in [-0.2, 0) is 21.9 Å². The Kier molecular flexibility index (Phi) is 10.2. The van der Waals surface area contributed by atoms with Crippen LogP contribution in [0.3, 0.4) is 0 Å². The second kappa shape index (κ2) is 12.4. The summed E-state index contributed by atoms with van der Waals surface area (Å²) in [4.78, 5) is 27.6. The van der Waals surface area contributed by atoms with Crippen LogP contribution in [0.4, 0.5) is 0 Å². The Bertz CT molecular complexity index is 887. The second-order valence-corrected chi connectivity index (χ2v) is 9.43. The van der Waals surface area contributed by atoms with Crippen molar-refractivity contribution in [3.63, 3.8) is 0 Å². The van der Waals surface area contributed by atoms with Gasteiger partial charge in [0.25, 0.3) is 0 Å². The number of amides is 2. The Morgan fingerprint density at radius 1 is 1.06 bits per heavy atom. The number of hydrogen-bond acceptors (Lipinski definition) is 3. The van der Waals surface area contributed by atoms with E-state index in [0.29, 0.717) is 22.3 Å². The van der Waals surface area contributed by atoms with Crippen LogP contribution >= 0.6 is 35.0 Å². The van der Waals surface area contributed by atoms with Gasteiger partial charge in [-0.3, -0.25) is 9.59 Å².